The minimum absolute atomic E-state index is 0.123. The first-order valence-electron chi connectivity index (χ1n) is 21.5. The van der Waals surface area contributed by atoms with Gasteiger partial charge in [-0.15, -0.1) is 0 Å². The van der Waals surface area contributed by atoms with Gasteiger partial charge in [0.15, 0.2) is 6.10 Å². The standard InChI is InChI=1S/C44H84NO6P/c1-6-8-10-12-14-16-18-20-22-24-26-28-30-32-34-36-39-48-42-44(43-51-52(46,47)50-41-38-45(3,4)5)49-40-37-35-33-31-29-27-25-23-21-19-17-15-13-11-9-7-2/h32-37,39-40,44H,6-31,38,41-43H2,1-5H3/p+1/t44-/m1/s1. The summed E-state index contributed by atoms with van der Waals surface area (Å²) < 4.78 is 35.0. The fraction of sp³-hybridized carbons (Fsp3) is 0.818. The Hall–Kier alpha value is -1.37. The van der Waals surface area contributed by atoms with Gasteiger partial charge >= 0.3 is 7.82 Å². The summed E-state index contributed by atoms with van der Waals surface area (Å²) in [5.41, 5.74) is 0. The molecule has 0 bridgehead atoms. The summed E-state index contributed by atoms with van der Waals surface area (Å²) >= 11 is 0. The molecule has 1 N–H and O–H groups in total. The summed E-state index contributed by atoms with van der Waals surface area (Å²) in [7, 11) is 1.78. The fourth-order valence-electron chi connectivity index (χ4n) is 5.79. The largest absolute Gasteiger partial charge is 0.497 e. The van der Waals surface area contributed by atoms with Crippen molar-refractivity contribution in [1.29, 1.82) is 0 Å². The number of unbranched alkanes of at least 4 members (excludes halogenated alkanes) is 24. The minimum Gasteiger partial charge on any atom is -0.497 e. The highest BCUT2D eigenvalue weighted by Crippen LogP contribution is 2.43. The van der Waals surface area contributed by atoms with Gasteiger partial charge in [-0.2, -0.15) is 0 Å². The molecule has 8 heteroatoms. The van der Waals surface area contributed by atoms with E-state index in [1.54, 1.807) is 12.5 Å². The van der Waals surface area contributed by atoms with Crippen molar-refractivity contribution >= 4 is 7.82 Å². The zero-order valence-electron chi connectivity index (χ0n) is 34.8. The molecule has 0 saturated heterocycles. The summed E-state index contributed by atoms with van der Waals surface area (Å²) in [5, 5.41) is 0. The van der Waals surface area contributed by atoms with E-state index in [-0.39, 0.29) is 19.8 Å². The van der Waals surface area contributed by atoms with E-state index in [1.807, 2.05) is 45.4 Å². The number of likely N-dealkylation sites (N-methyl/N-ethyl adjacent to an activating group) is 1. The van der Waals surface area contributed by atoms with Crippen LogP contribution in [0.2, 0.25) is 0 Å². The topological polar surface area (TPSA) is 74.2 Å². The monoisotopic (exact) mass is 755 g/mol. The van der Waals surface area contributed by atoms with Crippen LogP contribution in [0.1, 0.15) is 181 Å². The Bertz CT molecular complexity index is 913. The summed E-state index contributed by atoms with van der Waals surface area (Å²) in [6.07, 6.45) is 49.4. The van der Waals surface area contributed by atoms with E-state index < -0.39 is 13.9 Å². The first-order valence-corrected chi connectivity index (χ1v) is 23.0. The molecule has 0 radical (unpaired) electrons. The van der Waals surface area contributed by atoms with Crippen molar-refractivity contribution in [3.8, 4) is 0 Å². The van der Waals surface area contributed by atoms with Gasteiger partial charge in [0.1, 0.15) is 19.8 Å². The number of phosphoric ester groups is 1. The van der Waals surface area contributed by atoms with E-state index in [0.717, 1.165) is 12.8 Å². The molecule has 0 amide bonds. The number of ether oxygens (including phenoxy) is 2. The van der Waals surface area contributed by atoms with Crippen LogP contribution in [-0.2, 0) is 23.1 Å². The Morgan fingerprint density at radius 1 is 0.538 bits per heavy atom. The molecule has 0 heterocycles. The van der Waals surface area contributed by atoms with Gasteiger partial charge in [-0.05, 0) is 37.8 Å². The Labute approximate surface area is 322 Å². The smallest absolute Gasteiger partial charge is 0.472 e. The number of nitrogens with zero attached hydrogens (tertiary/aromatic N) is 1. The number of phosphoric acid groups is 1. The summed E-state index contributed by atoms with van der Waals surface area (Å²) in [4.78, 5) is 10.2. The third-order valence-corrected chi connectivity index (χ3v) is 10.2. The first kappa shape index (κ1) is 50.6. The maximum atomic E-state index is 12.4. The van der Waals surface area contributed by atoms with Crippen LogP contribution in [-0.4, -0.2) is 63.0 Å². The van der Waals surface area contributed by atoms with Gasteiger partial charge in [0.05, 0.1) is 40.3 Å². The van der Waals surface area contributed by atoms with Crippen molar-refractivity contribution < 1.29 is 32.5 Å². The van der Waals surface area contributed by atoms with Gasteiger partial charge in [-0.25, -0.2) is 4.57 Å². The van der Waals surface area contributed by atoms with Crippen LogP contribution < -0.4 is 0 Å². The van der Waals surface area contributed by atoms with Crippen molar-refractivity contribution in [2.45, 2.75) is 187 Å². The van der Waals surface area contributed by atoms with Gasteiger partial charge < -0.3 is 18.9 Å². The molecule has 0 aliphatic carbocycles. The molecular weight excluding hydrogens is 669 g/mol. The average molecular weight is 755 g/mol. The zero-order chi connectivity index (χ0) is 38.3. The van der Waals surface area contributed by atoms with Crippen molar-refractivity contribution in [3.05, 3.63) is 49.0 Å². The second-order valence-electron chi connectivity index (χ2n) is 15.6. The van der Waals surface area contributed by atoms with E-state index in [1.165, 1.54) is 154 Å². The highest BCUT2D eigenvalue weighted by Gasteiger charge is 2.25. The number of hydrogen-bond acceptors (Lipinski definition) is 5. The Morgan fingerprint density at radius 2 is 0.942 bits per heavy atom. The van der Waals surface area contributed by atoms with Gasteiger partial charge in [0.25, 0.3) is 0 Å². The highest BCUT2D eigenvalue weighted by atomic mass is 31.2. The average Bonchev–Trinajstić information content (AvgIpc) is 3.10. The van der Waals surface area contributed by atoms with Crippen LogP contribution in [0.4, 0.5) is 0 Å². The maximum absolute atomic E-state index is 12.4. The second-order valence-corrected chi connectivity index (χ2v) is 17.0. The normalized spacial score (nSPS) is 14.3. The van der Waals surface area contributed by atoms with Gasteiger partial charge in [-0.1, -0.05) is 179 Å². The third-order valence-electron chi connectivity index (χ3n) is 9.19. The van der Waals surface area contributed by atoms with E-state index in [0.29, 0.717) is 11.0 Å². The fourth-order valence-corrected chi connectivity index (χ4v) is 6.53. The second kappa shape index (κ2) is 37.9. The predicted molar refractivity (Wildman–Crippen MR) is 223 cm³/mol. The molecular formula is C44H85NO6P+. The van der Waals surface area contributed by atoms with Crippen molar-refractivity contribution in [1.82, 2.24) is 0 Å². The first-order chi connectivity index (χ1) is 25.2. The van der Waals surface area contributed by atoms with E-state index in [4.69, 9.17) is 18.5 Å². The summed E-state index contributed by atoms with van der Waals surface area (Å²) in [6.45, 7) is 5.30. The molecule has 0 aromatic rings. The Kier molecular flexibility index (Phi) is 36.9. The summed E-state index contributed by atoms with van der Waals surface area (Å²) in [5.74, 6) is 0. The molecule has 0 aliphatic heterocycles. The Morgan fingerprint density at radius 3 is 1.37 bits per heavy atom. The molecule has 306 valence electrons. The van der Waals surface area contributed by atoms with Crippen LogP contribution in [0.3, 0.4) is 0 Å². The van der Waals surface area contributed by atoms with Gasteiger partial charge in [0.2, 0.25) is 0 Å². The lowest BCUT2D eigenvalue weighted by molar-refractivity contribution is -0.870. The molecule has 0 spiro atoms. The van der Waals surface area contributed by atoms with Gasteiger partial charge in [-0.3, -0.25) is 9.05 Å². The predicted octanol–water partition coefficient (Wildman–Crippen LogP) is 13.6. The number of rotatable bonds is 40. The van der Waals surface area contributed by atoms with Crippen molar-refractivity contribution in [2.75, 3.05) is 47.5 Å². The molecule has 1 unspecified atom stereocenters. The number of quaternary nitrogens is 1. The molecule has 0 saturated carbocycles. The van der Waals surface area contributed by atoms with E-state index >= 15 is 0 Å². The van der Waals surface area contributed by atoms with Crippen LogP contribution in [0.25, 0.3) is 0 Å². The molecule has 0 fully saturated rings. The maximum Gasteiger partial charge on any atom is 0.472 e. The molecule has 0 rings (SSSR count). The molecule has 7 nitrogen and oxygen atoms in total. The van der Waals surface area contributed by atoms with Crippen LogP contribution in [0.5, 0.6) is 0 Å². The molecule has 0 aliphatic rings. The van der Waals surface area contributed by atoms with Crippen LogP contribution in [0, 0.1) is 0 Å². The van der Waals surface area contributed by atoms with Crippen LogP contribution in [0.15, 0.2) is 49.0 Å². The number of allylic oxidation sites excluding steroid dienone is 6. The van der Waals surface area contributed by atoms with Gasteiger partial charge in [0, 0.05) is 0 Å². The molecule has 0 aromatic heterocycles. The molecule has 52 heavy (non-hydrogen) atoms. The van der Waals surface area contributed by atoms with E-state index in [9.17, 15) is 9.46 Å². The third kappa shape index (κ3) is 41.4. The Balaban J connectivity index is 4.33. The van der Waals surface area contributed by atoms with Crippen molar-refractivity contribution in [2.24, 2.45) is 0 Å². The van der Waals surface area contributed by atoms with E-state index in [2.05, 4.69) is 26.0 Å². The quantitative estimate of drug-likeness (QED) is 0.0221. The molecule has 2 atom stereocenters. The lowest BCUT2D eigenvalue weighted by Gasteiger charge is -2.24. The highest BCUT2D eigenvalue weighted by molar-refractivity contribution is 7.47. The van der Waals surface area contributed by atoms with Crippen LogP contribution >= 0.6 is 7.82 Å². The lowest BCUT2D eigenvalue weighted by atomic mass is 10.0. The number of hydrogen-bond donors (Lipinski definition) is 1. The lowest BCUT2D eigenvalue weighted by Crippen LogP contribution is -2.37. The minimum atomic E-state index is -4.20. The molecule has 0 aromatic carbocycles. The zero-order valence-corrected chi connectivity index (χ0v) is 35.7. The SMILES string of the molecule is CCCCCCCCCCCCCCC=CC=COC[C@H](COP(=O)(O)OCC[N+](C)(C)C)OC=CC=CCCCCCCCCCCCCCC. The van der Waals surface area contributed by atoms with Crippen molar-refractivity contribution in [3.63, 3.8) is 0 Å². The summed E-state index contributed by atoms with van der Waals surface area (Å²) in [6, 6.07) is 0.